The summed E-state index contributed by atoms with van der Waals surface area (Å²) in [6, 6.07) is 15.4. The van der Waals surface area contributed by atoms with Crippen molar-refractivity contribution in [1.29, 1.82) is 0 Å². The third-order valence-corrected chi connectivity index (χ3v) is 4.06. The molecule has 128 valence electrons. The molecule has 0 aromatic heterocycles. The van der Waals surface area contributed by atoms with E-state index in [2.05, 4.69) is 24.4 Å². The highest BCUT2D eigenvalue weighted by Gasteiger charge is 2.09. The number of urea groups is 1. The van der Waals surface area contributed by atoms with Crippen LogP contribution in [0.3, 0.4) is 0 Å². The fourth-order valence-electron chi connectivity index (χ4n) is 2.22. The number of nitrogens with zero attached hydrogens (tertiary/aromatic N) is 1. The SMILES string of the molecule is CC(CCOc1ccc(NC(=O)N(C)C)cc1Cl)c1ccccc1. The average molecular weight is 347 g/mol. The molecule has 5 heteroatoms. The number of anilines is 1. The maximum Gasteiger partial charge on any atom is 0.321 e. The molecular formula is C19H23ClN2O2. The van der Waals surface area contributed by atoms with Gasteiger partial charge in [0.25, 0.3) is 0 Å². The van der Waals surface area contributed by atoms with Crippen molar-refractivity contribution in [2.75, 3.05) is 26.0 Å². The molecule has 2 amide bonds. The highest BCUT2D eigenvalue weighted by Crippen LogP contribution is 2.28. The van der Waals surface area contributed by atoms with Crippen LogP contribution in [0.4, 0.5) is 10.5 Å². The lowest BCUT2D eigenvalue weighted by molar-refractivity contribution is 0.230. The number of hydrogen-bond acceptors (Lipinski definition) is 2. The van der Waals surface area contributed by atoms with Crippen molar-refractivity contribution in [3.63, 3.8) is 0 Å². The molecule has 0 aliphatic rings. The molecule has 2 rings (SSSR count). The lowest BCUT2D eigenvalue weighted by atomic mass is 9.98. The van der Waals surface area contributed by atoms with Crippen LogP contribution >= 0.6 is 11.6 Å². The van der Waals surface area contributed by atoms with Gasteiger partial charge < -0.3 is 15.0 Å². The molecule has 0 aliphatic carbocycles. The second-order valence-electron chi connectivity index (χ2n) is 5.92. The van der Waals surface area contributed by atoms with Gasteiger partial charge in [-0.15, -0.1) is 0 Å². The highest BCUT2D eigenvalue weighted by atomic mass is 35.5. The Balaban J connectivity index is 1.88. The van der Waals surface area contributed by atoms with E-state index in [1.807, 2.05) is 18.2 Å². The van der Waals surface area contributed by atoms with Crippen LogP contribution in [0.15, 0.2) is 48.5 Å². The van der Waals surface area contributed by atoms with E-state index in [1.165, 1.54) is 10.5 Å². The standard InChI is InChI=1S/C19H23ClN2O2/c1-14(15-7-5-4-6-8-15)11-12-24-18-10-9-16(13-17(18)20)21-19(23)22(2)3/h4-10,13-14H,11-12H2,1-3H3,(H,21,23). The molecule has 1 N–H and O–H groups in total. The van der Waals surface area contributed by atoms with E-state index in [-0.39, 0.29) is 6.03 Å². The molecule has 0 radical (unpaired) electrons. The molecule has 0 heterocycles. The topological polar surface area (TPSA) is 41.6 Å². The van der Waals surface area contributed by atoms with Crippen LogP contribution in [-0.2, 0) is 0 Å². The van der Waals surface area contributed by atoms with Gasteiger partial charge in [-0.05, 0) is 36.1 Å². The van der Waals surface area contributed by atoms with Crippen molar-refractivity contribution in [3.8, 4) is 5.75 Å². The number of carbonyl (C=O) groups is 1. The van der Waals surface area contributed by atoms with E-state index in [0.29, 0.717) is 29.0 Å². The van der Waals surface area contributed by atoms with Gasteiger partial charge in [-0.25, -0.2) is 4.79 Å². The van der Waals surface area contributed by atoms with E-state index in [4.69, 9.17) is 16.3 Å². The largest absolute Gasteiger partial charge is 0.492 e. The van der Waals surface area contributed by atoms with Crippen LogP contribution < -0.4 is 10.1 Å². The molecule has 1 atom stereocenters. The van der Waals surface area contributed by atoms with Crippen molar-refractivity contribution in [2.45, 2.75) is 19.3 Å². The predicted octanol–water partition coefficient (Wildman–Crippen LogP) is 5.01. The summed E-state index contributed by atoms with van der Waals surface area (Å²) >= 11 is 6.23. The molecule has 2 aromatic rings. The molecule has 4 nitrogen and oxygen atoms in total. The Morgan fingerprint density at radius 1 is 1.21 bits per heavy atom. The highest BCUT2D eigenvalue weighted by molar-refractivity contribution is 6.32. The molecule has 1 unspecified atom stereocenters. The minimum Gasteiger partial charge on any atom is -0.492 e. The summed E-state index contributed by atoms with van der Waals surface area (Å²) in [6.45, 7) is 2.76. The van der Waals surface area contributed by atoms with E-state index in [1.54, 1.807) is 32.3 Å². The summed E-state index contributed by atoms with van der Waals surface area (Å²) in [7, 11) is 3.37. The molecule has 0 aliphatic heterocycles. The number of halogens is 1. The van der Waals surface area contributed by atoms with Gasteiger partial charge in [0.1, 0.15) is 5.75 Å². The van der Waals surface area contributed by atoms with Crippen LogP contribution in [0.25, 0.3) is 0 Å². The quantitative estimate of drug-likeness (QED) is 0.799. The minimum atomic E-state index is -0.198. The summed E-state index contributed by atoms with van der Waals surface area (Å²) in [5.74, 6) is 1.04. The van der Waals surface area contributed by atoms with Gasteiger partial charge in [0.2, 0.25) is 0 Å². The summed E-state index contributed by atoms with van der Waals surface area (Å²) in [5, 5.41) is 3.24. The van der Waals surface area contributed by atoms with E-state index in [0.717, 1.165) is 6.42 Å². The molecule has 0 saturated carbocycles. The average Bonchev–Trinajstić information content (AvgIpc) is 2.57. The minimum absolute atomic E-state index is 0.198. The summed E-state index contributed by atoms with van der Waals surface area (Å²) in [6.07, 6.45) is 0.902. The van der Waals surface area contributed by atoms with Crippen LogP contribution in [-0.4, -0.2) is 31.6 Å². The Hall–Kier alpha value is -2.20. The van der Waals surface area contributed by atoms with E-state index >= 15 is 0 Å². The van der Waals surface area contributed by atoms with Gasteiger partial charge in [-0.1, -0.05) is 48.9 Å². The fourth-order valence-corrected chi connectivity index (χ4v) is 2.46. The lowest BCUT2D eigenvalue weighted by Crippen LogP contribution is -2.27. The van der Waals surface area contributed by atoms with Crippen molar-refractivity contribution in [1.82, 2.24) is 4.90 Å². The molecule has 0 fully saturated rings. The first-order valence-corrected chi connectivity index (χ1v) is 8.30. The Labute approximate surface area is 148 Å². The van der Waals surface area contributed by atoms with Gasteiger partial charge in [0, 0.05) is 19.8 Å². The summed E-state index contributed by atoms with van der Waals surface area (Å²) in [4.78, 5) is 13.1. The zero-order chi connectivity index (χ0) is 17.5. The number of ether oxygens (including phenoxy) is 1. The van der Waals surface area contributed by atoms with Gasteiger partial charge in [-0.3, -0.25) is 0 Å². The third kappa shape index (κ3) is 5.17. The molecular weight excluding hydrogens is 324 g/mol. The first kappa shape index (κ1) is 18.1. The van der Waals surface area contributed by atoms with E-state index < -0.39 is 0 Å². The number of carbonyl (C=O) groups excluding carboxylic acids is 1. The zero-order valence-corrected chi connectivity index (χ0v) is 15.0. The zero-order valence-electron chi connectivity index (χ0n) is 14.3. The maximum absolute atomic E-state index is 11.6. The maximum atomic E-state index is 11.6. The van der Waals surface area contributed by atoms with Gasteiger partial charge >= 0.3 is 6.03 Å². The molecule has 0 saturated heterocycles. The van der Waals surface area contributed by atoms with Gasteiger partial charge in [0.05, 0.1) is 11.6 Å². The number of hydrogen-bond donors (Lipinski definition) is 1. The second-order valence-corrected chi connectivity index (χ2v) is 6.33. The normalized spacial score (nSPS) is 11.7. The van der Waals surface area contributed by atoms with Crippen LogP contribution in [0.5, 0.6) is 5.75 Å². The van der Waals surface area contributed by atoms with Crippen LogP contribution in [0.1, 0.15) is 24.8 Å². The Bertz CT molecular complexity index is 674. The molecule has 0 bridgehead atoms. The second kappa shape index (κ2) is 8.60. The fraction of sp³-hybridized carbons (Fsp3) is 0.316. The Morgan fingerprint density at radius 2 is 1.92 bits per heavy atom. The Morgan fingerprint density at radius 3 is 2.54 bits per heavy atom. The predicted molar refractivity (Wildman–Crippen MR) is 99.1 cm³/mol. The summed E-state index contributed by atoms with van der Waals surface area (Å²) in [5.41, 5.74) is 1.94. The first-order valence-electron chi connectivity index (χ1n) is 7.93. The molecule has 0 spiro atoms. The van der Waals surface area contributed by atoms with E-state index in [9.17, 15) is 4.79 Å². The monoisotopic (exact) mass is 346 g/mol. The van der Waals surface area contributed by atoms with Gasteiger partial charge in [0.15, 0.2) is 0 Å². The lowest BCUT2D eigenvalue weighted by Gasteiger charge is -2.15. The number of amides is 2. The van der Waals surface area contributed by atoms with Crippen molar-refractivity contribution in [2.24, 2.45) is 0 Å². The van der Waals surface area contributed by atoms with Crippen LogP contribution in [0, 0.1) is 0 Å². The molecule has 2 aromatic carbocycles. The van der Waals surface area contributed by atoms with Crippen molar-refractivity contribution in [3.05, 3.63) is 59.1 Å². The number of nitrogens with one attached hydrogen (secondary N) is 1. The molecule has 24 heavy (non-hydrogen) atoms. The number of benzene rings is 2. The summed E-state index contributed by atoms with van der Waals surface area (Å²) < 4.78 is 5.78. The van der Waals surface area contributed by atoms with Crippen molar-refractivity contribution >= 4 is 23.3 Å². The third-order valence-electron chi connectivity index (χ3n) is 3.77. The van der Waals surface area contributed by atoms with Gasteiger partial charge in [-0.2, -0.15) is 0 Å². The smallest absolute Gasteiger partial charge is 0.321 e. The Kier molecular flexibility index (Phi) is 6.50. The van der Waals surface area contributed by atoms with Crippen LogP contribution in [0.2, 0.25) is 5.02 Å². The first-order chi connectivity index (χ1) is 11.5. The van der Waals surface area contributed by atoms with Crippen molar-refractivity contribution < 1.29 is 9.53 Å². The number of rotatable bonds is 6.